The number of amides is 2. The fraction of sp³-hybridized carbons (Fsp3) is 0.581. The smallest absolute Gasteiger partial charge is 0.328 e. The Hall–Kier alpha value is -3.36. The van der Waals surface area contributed by atoms with E-state index in [0.717, 1.165) is 55.5 Å². The third kappa shape index (κ3) is 11.9. The van der Waals surface area contributed by atoms with Crippen molar-refractivity contribution in [3.05, 3.63) is 53.6 Å². The summed E-state index contributed by atoms with van der Waals surface area (Å²) in [4.78, 5) is 42.9. The molecular weight excluding hydrogens is 552 g/mol. The van der Waals surface area contributed by atoms with Crippen LogP contribution in [0.25, 0.3) is 0 Å². The lowest BCUT2D eigenvalue weighted by Crippen LogP contribution is -2.39. The lowest BCUT2D eigenvalue weighted by molar-refractivity contribution is -0.144. The van der Waals surface area contributed by atoms with Gasteiger partial charge in [0.1, 0.15) is 6.04 Å². The predicted molar refractivity (Wildman–Crippen MR) is 166 cm³/mol. The number of carbonyl (C=O) groups is 3. The highest BCUT2D eigenvalue weighted by Crippen LogP contribution is 2.18. The molecule has 2 amide bonds. The van der Waals surface area contributed by atoms with Crippen LogP contribution in [0.5, 0.6) is 0 Å². The Morgan fingerprint density at radius 1 is 1.29 bits per heavy atom. The second-order valence-corrected chi connectivity index (χ2v) is 11.4. The van der Waals surface area contributed by atoms with Crippen molar-refractivity contribution < 1.29 is 19.1 Å². The van der Waals surface area contributed by atoms with Crippen molar-refractivity contribution >= 4 is 30.0 Å². The molecule has 0 aliphatic carbocycles. The zero-order chi connectivity index (χ0) is 30.7. The summed E-state index contributed by atoms with van der Waals surface area (Å²) >= 11 is 1.62. The van der Waals surface area contributed by atoms with Gasteiger partial charge in [0.05, 0.1) is 31.5 Å². The van der Waals surface area contributed by atoms with E-state index in [1.54, 1.807) is 24.3 Å². The van der Waals surface area contributed by atoms with E-state index in [-0.39, 0.29) is 5.91 Å². The summed E-state index contributed by atoms with van der Waals surface area (Å²) in [6.45, 7) is 9.92. The third-order valence-corrected chi connectivity index (χ3v) is 8.06. The van der Waals surface area contributed by atoms with Crippen LogP contribution in [0, 0.1) is 17.2 Å². The number of carbonyl (C=O) groups excluding carboxylic acids is 3. The lowest BCUT2D eigenvalue weighted by atomic mass is 10.1. The number of nitriles is 1. The predicted octanol–water partition coefficient (Wildman–Crippen LogP) is 3.34. The Bertz CT molecular complexity index is 1130. The molecular formula is C31H46N6O4S. The van der Waals surface area contributed by atoms with Crippen LogP contribution >= 0.6 is 11.8 Å². The molecule has 1 aromatic heterocycles. The second kappa shape index (κ2) is 19.7. The normalized spacial score (nSPS) is 15.2. The molecule has 42 heavy (non-hydrogen) atoms. The van der Waals surface area contributed by atoms with Gasteiger partial charge in [-0.15, -0.1) is 0 Å². The molecule has 1 aliphatic rings. The lowest BCUT2D eigenvalue weighted by Gasteiger charge is -2.25. The molecule has 0 saturated carbocycles. The van der Waals surface area contributed by atoms with Crippen molar-refractivity contribution in [3.63, 3.8) is 0 Å². The first kappa shape index (κ1) is 34.8. The average molecular weight is 599 g/mol. The van der Waals surface area contributed by atoms with Crippen LogP contribution in [0.2, 0.25) is 0 Å². The molecule has 2 heterocycles. The molecule has 11 heteroatoms. The minimum absolute atomic E-state index is 0.171. The summed E-state index contributed by atoms with van der Waals surface area (Å²) in [6, 6.07) is 9.18. The van der Waals surface area contributed by atoms with Gasteiger partial charge < -0.3 is 24.4 Å². The van der Waals surface area contributed by atoms with E-state index in [4.69, 9.17) is 5.26 Å². The van der Waals surface area contributed by atoms with E-state index in [2.05, 4.69) is 39.9 Å². The Kier molecular flexibility index (Phi) is 16.3. The van der Waals surface area contributed by atoms with Crippen molar-refractivity contribution in [2.24, 2.45) is 5.92 Å². The molecule has 1 aliphatic heterocycles. The fourth-order valence-corrected chi connectivity index (χ4v) is 5.33. The molecule has 1 aromatic carbocycles. The maximum Gasteiger partial charge on any atom is 0.328 e. The molecule has 0 spiro atoms. The van der Waals surface area contributed by atoms with Gasteiger partial charge in [-0.1, -0.05) is 32.4 Å². The summed E-state index contributed by atoms with van der Waals surface area (Å²) in [5.41, 5.74) is 2.67. The number of hydrogen-bond donors (Lipinski definition) is 1. The Morgan fingerprint density at radius 3 is 2.64 bits per heavy atom. The van der Waals surface area contributed by atoms with Crippen molar-refractivity contribution in [3.8, 4) is 6.07 Å². The molecule has 0 bridgehead atoms. The number of imidazole rings is 1. The quantitative estimate of drug-likeness (QED) is 0.231. The first-order valence-electron chi connectivity index (χ1n) is 14.6. The molecule has 1 fully saturated rings. The van der Waals surface area contributed by atoms with Crippen molar-refractivity contribution in [2.45, 2.75) is 58.5 Å². The maximum atomic E-state index is 13.0. The van der Waals surface area contributed by atoms with E-state index in [1.807, 2.05) is 40.0 Å². The zero-order valence-corrected chi connectivity index (χ0v) is 26.3. The van der Waals surface area contributed by atoms with E-state index in [9.17, 15) is 14.4 Å². The van der Waals surface area contributed by atoms with Crippen molar-refractivity contribution in [1.29, 1.82) is 5.26 Å². The van der Waals surface area contributed by atoms with Gasteiger partial charge in [-0.2, -0.15) is 17.0 Å². The SMILES string of the molecule is CCCN(CCN1CC[C@H](CC)C1)C(=O)Cc1cncn1Cc1ccc(C#N)cc1.COC(=O)C(CCSC)NC=O. The first-order valence-corrected chi connectivity index (χ1v) is 16.0. The van der Waals surface area contributed by atoms with Gasteiger partial charge in [0.25, 0.3) is 0 Å². The second-order valence-electron chi connectivity index (χ2n) is 10.4. The molecule has 2 aromatic rings. The number of benzene rings is 1. The molecule has 0 radical (unpaired) electrons. The van der Waals surface area contributed by atoms with Crippen LogP contribution in [-0.4, -0.2) is 95.5 Å². The van der Waals surface area contributed by atoms with E-state index < -0.39 is 12.0 Å². The number of thioether (sulfide) groups is 1. The van der Waals surface area contributed by atoms with Crippen LogP contribution in [0.4, 0.5) is 0 Å². The van der Waals surface area contributed by atoms with Crippen molar-refractivity contribution in [1.82, 2.24) is 24.7 Å². The summed E-state index contributed by atoms with van der Waals surface area (Å²) in [6.07, 6.45) is 10.5. The number of esters is 1. The number of hydrogen-bond acceptors (Lipinski definition) is 8. The van der Waals surface area contributed by atoms with Crippen molar-refractivity contribution in [2.75, 3.05) is 51.8 Å². The molecule has 1 N–H and O–H groups in total. The fourth-order valence-electron chi connectivity index (χ4n) is 4.86. The number of aromatic nitrogens is 2. The Morgan fingerprint density at radius 2 is 2.05 bits per heavy atom. The van der Waals surface area contributed by atoms with Crippen LogP contribution in [-0.2, 0) is 32.1 Å². The van der Waals surface area contributed by atoms with Crippen LogP contribution < -0.4 is 5.32 Å². The molecule has 3 rings (SSSR count). The van der Waals surface area contributed by atoms with Gasteiger partial charge in [0, 0.05) is 44.6 Å². The molecule has 10 nitrogen and oxygen atoms in total. The van der Waals surface area contributed by atoms with Gasteiger partial charge >= 0.3 is 5.97 Å². The molecule has 2 atom stereocenters. The molecule has 1 unspecified atom stereocenters. The highest BCUT2D eigenvalue weighted by Gasteiger charge is 2.22. The number of rotatable bonds is 16. The third-order valence-electron chi connectivity index (χ3n) is 7.41. The van der Waals surface area contributed by atoms with E-state index in [0.29, 0.717) is 31.4 Å². The topological polar surface area (TPSA) is 121 Å². The maximum absolute atomic E-state index is 13.0. The van der Waals surface area contributed by atoms with Gasteiger partial charge in [-0.3, -0.25) is 9.59 Å². The largest absolute Gasteiger partial charge is 0.467 e. The highest BCUT2D eigenvalue weighted by atomic mass is 32.2. The minimum atomic E-state index is -0.500. The number of nitrogens with zero attached hydrogens (tertiary/aromatic N) is 5. The average Bonchev–Trinajstić information content (AvgIpc) is 3.66. The van der Waals surface area contributed by atoms with Gasteiger partial charge in [-0.05, 0) is 61.4 Å². The van der Waals surface area contributed by atoms with Gasteiger partial charge in [0.2, 0.25) is 12.3 Å². The number of nitrogens with one attached hydrogen (secondary N) is 1. The number of likely N-dealkylation sites (tertiary alicyclic amines) is 1. The monoisotopic (exact) mass is 598 g/mol. The summed E-state index contributed by atoms with van der Waals surface area (Å²) in [5.74, 6) is 1.42. The zero-order valence-electron chi connectivity index (χ0n) is 25.5. The van der Waals surface area contributed by atoms with Crippen LogP contribution in [0.3, 0.4) is 0 Å². The van der Waals surface area contributed by atoms with E-state index >= 15 is 0 Å². The summed E-state index contributed by atoms with van der Waals surface area (Å²) < 4.78 is 6.52. The number of ether oxygens (including phenoxy) is 1. The standard InChI is InChI=1S/C24H33N5O.C7H13NO3S/c1-3-10-28(13-12-27-11-9-20(4-2)17-27)24(30)14-23-16-26-19-29(23)18-22-7-5-21(15-25)6-8-22;1-11-7(10)6(8-5-9)3-4-12-2/h5-8,16,19-20H,3-4,9-14,17-18H2,1-2H3;5-6H,3-4H2,1-2H3,(H,8,9)/t20-;/m0./s1. The van der Waals surface area contributed by atoms with Gasteiger partial charge in [0.15, 0.2) is 0 Å². The molecule has 230 valence electrons. The summed E-state index contributed by atoms with van der Waals surface area (Å²) in [7, 11) is 1.31. The minimum Gasteiger partial charge on any atom is -0.467 e. The van der Waals surface area contributed by atoms with E-state index in [1.165, 1.54) is 26.5 Å². The summed E-state index contributed by atoms with van der Waals surface area (Å²) in [5, 5.41) is 11.4. The molecule has 1 saturated heterocycles. The van der Waals surface area contributed by atoms with Gasteiger partial charge in [-0.25, -0.2) is 9.78 Å². The Labute approximate surface area is 254 Å². The number of methoxy groups -OCH3 is 1. The van der Waals surface area contributed by atoms with Crippen LogP contribution in [0.15, 0.2) is 36.8 Å². The van der Waals surface area contributed by atoms with Crippen LogP contribution in [0.1, 0.15) is 56.4 Å². The first-order chi connectivity index (χ1) is 20.4. The Balaban J connectivity index is 0.000000435. The highest BCUT2D eigenvalue weighted by molar-refractivity contribution is 7.98.